The van der Waals surface area contributed by atoms with Gasteiger partial charge in [0.2, 0.25) is 0 Å². The van der Waals surface area contributed by atoms with Crippen molar-refractivity contribution in [2.24, 2.45) is 0 Å². The van der Waals surface area contributed by atoms with Gasteiger partial charge in [0.05, 0.1) is 11.1 Å². The zero-order chi connectivity index (χ0) is 14.2. The molecule has 0 aliphatic carbocycles. The van der Waals surface area contributed by atoms with Gasteiger partial charge in [-0.3, -0.25) is 9.78 Å². The second kappa shape index (κ2) is 4.81. The van der Waals surface area contributed by atoms with Crippen molar-refractivity contribution in [2.45, 2.75) is 19.5 Å². The van der Waals surface area contributed by atoms with Crippen LogP contribution in [0.25, 0.3) is 10.9 Å². The molecule has 0 bridgehead atoms. The van der Waals surface area contributed by atoms with Crippen LogP contribution in [0.2, 0.25) is 5.02 Å². The normalized spacial score (nSPS) is 11.8. The molecule has 0 unspecified atom stereocenters. The van der Waals surface area contributed by atoms with Gasteiger partial charge in [0.25, 0.3) is 0 Å². The Hall–Kier alpha value is -1.62. The van der Waals surface area contributed by atoms with Gasteiger partial charge in [-0.2, -0.15) is 13.2 Å². The molecule has 2 rings (SSSR count). The SMILES string of the molecule is CC(=O)Cc1ccc2cc(Cl)cc(C(F)(F)F)c2n1. The van der Waals surface area contributed by atoms with E-state index in [0.29, 0.717) is 11.1 Å². The number of carbonyl (C=O) groups excluding carboxylic acids is 1. The number of fused-ring (bicyclic) bond motifs is 1. The fraction of sp³-hybridized carbons (Fsp3) is 0.231. The van der Waals surface area contributed by atoms with Gasteiger partial charge in [0.15, 0.2) is 0 Å². The summed E-state index contributed by atoms with van der Waals surface area (Å²) in [6.07, 6.45) is -4.53. The van der Waals surface area contributed by atoms with Crippen LogP contribution < -0.4 is 0 Å². The zero-order valence-electron chi connectivity index (χ0n) is 9.88. The Balaban J connectivity index is 2.68. The minimum absolute atomic E-state index is 0.000873. The highest BCUT2D eigenvalue weighted by atomic mass is 35.5. The predicted octanol–water partition coefficient (Wildman–Crippen LogP) is 4.04. The third-order valence-corrected chi connectivity index (χ3v) is 2.77. The molecule has 1 aromatic heterocycles. The molecule has 0 atom stereocenters. The molecule has 0 aliphatic heterocycles. The summed E-state index contributed by atoms with van der Waals surface area (Å²) in [7, 11) is 0. The van der Waals surface area contributed by atoms with Crippen LogP contribution in [0.5, 0.6) is 0 Å². The van der Waals surface area contributed by atoms with Crippen LogP contribution in [0.15, 0.2) is 24.3 Å². The minimum atomic E-state index is -4.54. The smallest absolute Gasteiger partial charge is 0.300 e. The van der Waals surface area contributed by atoms with Gasteiger partial charge in [0.1, 0.15) is 5.78 Å². The van der Waals surface area contributed by atoms with Crippen molar-refractivity contribution in [1.82, 2.24) is 4.98 Å². The quantitative estimate of drug-likeness (QED) is 0.834. The summed E-state index contributed by atoms with van der Waals surface area (Å²) < 4.78 is 38.8. The third-order valence-electron chi connectivity index (χ3n) is 2.55. The number of rotatable bonds is 2. The number of pyridine rings is 1. The van der Waals surface area contributed by atoms with Crippen LogP contribution in [0.1, 0.15) is 18.2 Å². The summed E-state index contributed by atoms with van der Waals surface area (Å²) >= 11 is 5.67. The summed E-state index contributed by atoms with van der Waals surface area (Å²) in [5.74, 6) is -0.158. The fourth-order valence-electron chi connectivity index (χ4n) is 1.81. The molecular formula is C13H9ClF3NO. The van der Waals surface area contributed by atoms with E-state index < -0.39 is 11.7 Å². The number of benzene rings is 1. The van der Waals surface area contributed by atoms with Crippen molar-refractivity contribution in [3.8, 4) is 0 Å². The van der Waals surface area contributed by atoms with Gasteiger partial charge >= 0.3 is 6.18 Å². The number of ketones is 1. The molecule has 0 saturated heterocycles. The maximum Gasteiger partial charge on any atom is 0.418 e. The molecule has 2 aromatic rings. The standard InChI is InChI=1S/C13H9ClF3NO/c1-7(19)4-10-3-2-8-5-9(14)6-11(12(8)18-10)13(15,16)17/h2-3,5-6H,4H2,1H3. The monoisotopic (exact) mass is 287 g/mol. The maximum atomic E-state index is 12.9. The molecule has 100 valence electrons. The Kier molecular flexibility index (Phi) is 3.49. The number of halogens is 4. The lowest BCUT2D eigenvalue weighted by molar-refractivity contribution is -0.136. The van der Waals surface area contributed by atoms with Crippen LogP contribution in [-0.4, -0.2) is 10.8 Å². The molecule has 0 radical (unpaired) electrons. The van der Waals surface area contributed by atoms with Crippen LogP contribution in [0, 0.1) is 0 Å². The van der Waals surface area contributed by atoms with E-state index in [1.807, 2.05) is 0 Å². The molecule has 1 aromatic carbocycles. The van der Waals surface area contributed by atoms with E-state index in [0.717, 1.165) is 6.07 Å². The summed E-state index contributed by atoms with van der Waals surface area (Å²) in [6.45, 7) is 1.36. The lowest BCUT2D eigenvalue weighted by Crippen LogP contribution is -2.08. The van der Waals surface area contributed by atoms with Gasteiger partial charge in [-0.25, -0.2) is 0 Å². The highest BCUT2D eigenvalue weighted by Gasteiger charge is 2.33. The predicted molar refractivity (Wildman–Crippen MR) is 66.1 cm³/mol. The first kappa shape index (κ1) is 13.8. The molecule has 2 nitrogen and oxygen atoms in total. The van der Waals surface area contributed by atoms with E-state index in [4.69, 9.17) is 11.6 Å². The van der Waals surface area contributed by atoms with E-state index in [2.05, 4.69) is 4.98 Å². The van der Waals surface area contributed by atoms with E-state index in [1.165, 1.54) is 25.1 Å². The number of carbonyl (C=O) groups is 1. The summed E-state index contributed by atoms with van der Waals surface area (Å²) in [6, 6.07) is 5.27. The van der Waals surface area contributed by atoms with Crippen molar-refractivity contribution in [1.29, 1.82) is 0 Å². The van der Waals surface area contributed by atoms with Gasteiger partial charge in [-0.05, 0) is 25.1 Å². The van der Waals surface area contributed by atoms with Gasteiger partial charge in [-0.1, -0.05) is 17.7 Å². The van der Waals surface area contributed by atoms with E-state index in [1.54, 1.807) is 0 Å². The highest BCUT2D eigenvalue weighted by molar-refractivity contribution is 6.31. The number of Topliss-reactive ketones (excluding diaryl/α,β-unsaturated/α-hetero) is 1. The Morgan fingerprint density at radius 3 is 2.58 bits per heavy atom. The average molecular weight is 288 g/mol. The fourth-order valence-corrected chi connectivity index (χ4v) is 2.04. The number of nitrogens with zero attached hydrogens (tertiary/aromatic N) is 1. The Labute approximate surface area is 112 Å². The molecule has 0 spiro atoms. The second-order valence-corrected chi connectivity index (χ2v) is 4.64. The number of alkyl halides is 3. The molecule has 6 heteroatoms. The van der Waals surface area contributed by atoms with E-state index in [9.17, 15) is 18.0 Å². The van der Waals surface area contributed by atoms with Gasteiger partial charge in [-0.15, -0.1) is 0 Å². The third kappa shape index (κ3) is 3.04. The molecule has 0 saturated carbocycles. The van der Waals surface area contributed by atoms with Gasteiger partial charge in [0, 0.05) is 22.5 Å². The minimum Gasteiger partial charge on any atom is -0.300 e. The summed E-state index contributed by atoms with van der Waals surface area (Å²) in [5, 5.41) is 0.299. The molecule has 0 N–H and O–H groups in total. The lowest BCUT2D eigenvalue weighted by Gasteiger charge is -2.11. The first-order valence-corrected chi connectivity index (χ1v) is 5.81. The molecule has 0 aliphatic rings. The summed E-state index contributed by atoms with van der Waals surface area (Å²) in [5.41, 5.74) is -0.760. The first-order valence-electron chi connectivity index (χ1n) is 5.43. The van der Waals surface area contributed by atoms with Crippen LogP contribution in [-0.2, 0) is 17.4 Å². The Morgan fingerprint density at radius 1 is 1.32 bits per heavy atom. The van der Waals surface area contributed by atoms with E-state index >= 15 is 0 Å². The van der Waals surface area contributed by atoms with Crippen LogP contribution in [0.4, 0.5) is 13.2 Å². The van der Waals surface area contributed by atoms with E-state index in [-0.39, 0.29) is 22.7 Å². The number of hydrogen-bond donors (Lipinski definition) is 0. The largest absolute Gasteiger partial charge is 0.418 e. The van der Waals surface area contributed by atoms with Gasteiger partial charge < -0.3 is 0 Å². The Morgan fingerprint density at radius 2 is 2.00 bits per heavy atom. The van der Waals surface area contributed by atoms with Crippen molar-refractivity contribution >= 4 is 28.3 Å². The molecule has 0 fully saturated rings. The summed E-state index contributed by atoms with van der Waals surface area (Å²) in [4.78, 5) is 14.9. The lowest BCUT2D eigenvalue weighted by atomic mass is 10.1. The topological polar surface area (TPSA) is 30.0 Å². The zero-order valence-corrected chi connectivity index (χ0v) is 10.6. The molecule has 19 heavy (non-hydrogen) atoms. The van der Waals surface area contributed by atoms with Crippen molar-refractivity contribution in [3.63, 3.8) is 0 Å². The Bertz CT molecular complexity index is 652. The van der Waals surface area contributed by atoms with Crippen molar-refractivity contribution < 1.29 is 18.0 Å². The number of aromatic nitrogens is 1. The first-order chi connectivity index (χ1) is 8.77. The molecule has 1 heterocycles. The second-order valence-electron chi connectivity index (χ2n) is 4.20. The van der Waals surface area contributed by atoms with Crippen molar-refractivity contribution in [3.05, 3.63) is 40.5 Å². The average Bonchev–Trinajstić information content (AvgIpc) is 2.26. The highest BCUT2D eigenvalue weighted by Crippen LogP contribution is 2.36. The molecule has 0 amide bonds. The van der Waals surface area contributed by atoms with Crippen LogP contribution >= 0.6 is 11.6 Å². The molecular weight excluding hydrogens is 279 g/mol. The van der Waals surface area contributed by atoms with Crippen molar-refractivity contribution in [2.75, 3.05) is 0 Å². The van der Waals surface area contributed by atoms with Crippen LogP contribution in [0.3, 0.4) is 0 Å². The number of hydrogen-bond acceptors (Lipinski definition) is 2. The maximum absolute atomic E-state index is 12.9.